The molecule has 0 heterocycles. The monoisotopic (exact) mass is 364 g/mol. The van der Waals surface area contributed by atoms with E-state index in [1.54, 1.807) is 24.3 Å². The molecule has 0 atom stereocenters. The molecule has 128 valence electrons. The van der Waals surface area contributed by atoms with E-state index in [2.05, 4.69) is 37.6 Å². The maximum absolute atomic E-state index is 9.00. The first kappa shape index (κ1) is 23.7. The number of aliphatic carboxylic acids is 1. The smallest absolute Gasteiger partial charge is 0.300 e. The number of hydrogen-bond acceptors (Lipinski definition) is 3. The van der Waals surface area contributed by atoms with Crippen molar-refractivity contribution in [3.05, 3.63) is 84.9 Å². The van der Waals surface area contributed by atoms with Gasteiger partial charge in [-0.05, 0) is 24.4 Å². The highest BCUT2D eigenvalue weighted by molar-refractivity contribution is 7.80. The molecule has 0 aromatic heterocycles. The summed E-state index contributed by atoms with van der Waals surface area (Å²) in [7, 11) is 0. The van der Waals surface area contributed by atoms with Gasteiger partial charge in [0, 0.05) is 18.1 Å². The van der Waals surface area contributed by atoms with Crippen LogP contribution in [0.25, 0.3) is 0 Å². The lowest BCUT2D eigenvalue weighted by Gasteiger charge is -1.91. The molecule has 0 aliphatic rings. The molecule has 0 saturated heterocycles. The predicted molar refractivity (Wildman–Crippen MR) is 106 cm³/mol. The van der Waals surface area contributed by atoms with Gasteiger partial charge in [-0.25, -0.2) is 0 Å². The largest absolute Gasteiger partial charge is 0.499 e. The van der Waals surface area contributed by atoms with E-state index in [9.17, 15) is 0 Å². The molecule has 0 unspecified atom stereocenters. The van der Waals surface area contributed by atoms with Crippen molar-refractivity contribution < 1.29 is 20.1 Å². The van der Waals surface area contributed by atoms with Crippen LogP contribution in [-0.2, 0) is 4.79 Å². The van der Waals surface area contributed by atoms with Crippen LogP contribution < -0.4 is 0 Å². The molecule has 0 radical (unpaired) electrons. The Hall–Kier alpha value is -2.57. The summed E-state index contributed by atoms with van der Waals surface area (Å²) in [6, 6.07) is 18.1. The van der Waals surface area contributed by atoms with Crippen molar-refractivity contribution in [2.45, 2.75) is 6.92 Å². The van der Waals surface area contributed by atoms with Crippen molar-refractivity contribution in [1.29, 1.82) is 0 Å². The minimum atomic E-state index is -0.833. The van der Waals surface area contributed by atoms with Gasteiger partial charge >= 0.3 is 0 Å². The molecule has 0 bridgehead atoms. The van der Waals surface area contributed by atoms with Gasteiger partial charge in [0.1, 0.15) is 0 Å². The quantitative estimate of drug-likeness (QED) is 0.528. The van der Waals surface area contributed by atoms with Crippen LogP contribution in [0.3, 0.4) is 0 Å². The van der Waals surface area contributed by atoms with Crippen molar-refractivity contribution in [2.24, 2.45) is 0 Å². The standard InChI is InChI=1S/2C7H6OS.C2H4O2.C2H4/c2*8-7(9)6-4-2-1-3-5-6;1-2(3)4;1-2/h2*1-5H,(H,8,9);1H3,(H,3,4);1-2H2. The zero-order valence-electron chi connectivity index (χ0n) is 13.3. The molecule has 2 rings (SSSR count). The van der Waals surface area contributed by atoms with Crippen LogP contribution in [0, 0.1) is 0 Å². The van der Waals surface area contributed by atoms with Gasteiger partial charge in [0.15, 0.2) is 10.1 Å². The van der Waals surface area contributed by atoms with Gasteiger partial charge in [-0.15, -0.1) is 13.2 Å². The van der Waals surface area contributed by atoms with E-state index in [-0.39, 0.29) is 10.1 Å². The first-order valence-electron chi connectivity index (χ1n) is 6.60. The van der Waals surface area contributed by atoms with Crippen LogP contribution >= 0.6 is 24.4 Å². The Morgan fingerprint density at radius 1 is 0.750 bits per heavy atom. The Bertz CT molecular complexity index is 560. The molecule has 0 fully saturated rings. The average molecular weight is 364 g/mol. The summed E-state index contributed by atoms with van der Waals surface area (Å²) in [5.41, 5.74) is 1.40. The van der Waals surface area contributed by atoms with Crippen molar-refractivity contribution >= 4 is 40.5 Å². The van der Waals surface area contributed by atoms with Gasteiger partial charge < -0.3 is 15.3 Å². The highest BCUT2D eigenvalue weighted by Crippen LogP contribution is 1.98. The molecule has 2 aromatic rings. The Balaban J connectivity index is 0. The van der Waals surface area contributed by atoms with Gasteiger partial charge in [0.05, 0.1) is 0 Å². The fourth-order valence-corrected chi connectivity index (χ4v) is 1.43. The summed E-state index contributed by atoms with van der Waals surface area (Å²) >= 11 is 9.04. The third-order valence-corrected chi connectivity index (χ3v) is 2.51. The number of carbonyl (C=O) groups is 1. The maximum atomic E-state index is 9.00. The minimum absolute atomic E-state index is 0.0457. The van der Waals surface area contributed by atoms with Crippen molar-refractivity contribution in [1.82, 2.24) is 0 Å². The second kappa shape index (κ2) is 15.3. The molecule has 3 N–H and O–H groups in total. The van der Waals surface area contributed by atoms with E-state index in [0.717, 1.165) is 6.92 Å². The number of carboxylic acid groups (broad SMARTS) is 1. The maximum Gasteiger partial charge on any atom is 0.300 e. The molecule has 0 aliphatic carbocycles. The average Bonchev–Trinajstić information content (AvgIpc) is 2.58. The number of aliphatic hydroxyl groups is 2. The van der Waals surface area contributed by atoms with Crippen LogP contribution in [0.1, 0.15) is 18.1 Å². The molecular weight excluding hydrogens is 344 g/mol. The fourth-order valence-electron chi connectivity index (χ4n) is 1.16. The van der Waals surface area contributed by atoms with Gasteiger partial charge in [0.2, 0.25) is 0 Å². The lowest BCUT2D eigenvalue weighted by atomic mass is 10.2. The number of thiocarbonyl (C=S) groups is 2. The molecule has 24 heavy (non-hydrogen) atoms. The molecular formula is C18H20O4S2. The molecule has 0 saturated carbocycles. The van der Waals surface area contributed by atoms with Crippen molar-refractivity contribution in [3.8, 4) is 0 Å². The van der Waals surface area contributed by atoms with Crippen LogP contribution in [0.15, 0.2) is 73.8 Å². The second-order valence-corrected chi connectivity index (χ2v) is 4.63. The first-order chi connectivity index (χ1) is 11.3. The summed E-state index contributed by atoms with van der Waals surface area (Å²) in [5, 5.41) is 24.8. The third-order valence-electron chi connectivity index (χ3n) is 2.04. The topological polar surface area (TPSA) is 77.8 Å². The van der Waals surface area contributed by atoms with E-state index in [1.165, 1.54) is 0 Å². The Kier molecular flexibility index (Phi) is 15.1. The highest BCUT2D eigenvalue weighted by atomic mass is 32.1. The van der Waals surface area contributed by atoms with E-state index >= 15 is 0 Å². The Morgan fingerprint density at radius 2 is 0.958 bits per heavy atom. The third kappa shape index (κ3) is 14.4. The van der Waals surface area contributed by atoms with Gasteiger partial charge in [-0.2, -0.15) is 0 Å². The molecule has 0 amide bonds. The molecule has 6 heteroatoms. The number of aliphatic hydroxyl groups excluding tert-OH is 2. The van der Waals surface area contributed by atoms with E-state index < -0.39 is 5.97 Å². The van der Waals surface area contributed by atoms with E-state index in [1.807, 2.05) is 36.4 Å². The van der Waals surface area contributed by atoms with E-state index in [0.29, 0.717) is 11.1 Å². The summed E-state index contributed by atoms with van der Waals surface area (Å²) in [6.45, 7) is 7.08. The highest BCUT2D eigenvalue weighted by Gasteiger charge is 1.92. The summed E-state index contributed by atoms with van der Waals surface area (Å²) in [5.74, 6) is -0.833. The van der Waals surface area contributed by atoms with Gasteiger partial charge in [-0.3, -0.25) is 4.79 Å². The zero-order valence-corrected chi connectivity index (χ0v) is 14.9. The van der Waals surface area contributed by atoms with Crippen LogP contribution in [0.4, 0.5) is 0 Å². The Morgan fingerprint density at radius 3 is 1.08 bits per heavy atom. The number of benzene rings is 2. The first-order valence-corrected chi connectivity index (χ1v) is 7.42. The number of hydrogen-bond donors (Lipinski definition) is 3. The van der Waals surface area contributed by atoms with Crippen LogP contribution in [0.2, 0.25) is 0 Å². The van der Waals surface area contributed by atoms with Crippen molar-refractivity contribution in [2.75, 3.05) is 0 Å². The molecule has 4 nitrogen and oxygen atoms in total. The normalized spacial score (nSPS) is 7.88. The number of carboxylic acids is 1. The van der Waals surface area contributed by atoms with Crippen molar-refractivity contribution in [3.63, 3.8) is 0 Å². The summed E-state index contributed by atoms with van der Waals surface area (Å²) < 4.78 is 0. The van der Waals surface area contributed by atoms with Crippen LogP contribution in [-0.4, -0.2) is 31.4 Å². The molecule has 2 aromatic carbocycles. The predicted octanol–water partition coefficient (Wildman–Crippen LogP) is 4.73. The summed E-state index contributed by atoms with van der Waals surface area (Å²) in [4.78, 5) is 9.00. The minimum Gasteiger partial charge on any atom is -0.499 e. The fraction of sp³-hybridized carbons (Fsp3) is 0.0556. The van der Waals surface area contributed by atoms with Crippen LogP contribution in [0.5, 0.6) is 0 Å². The zero-order chi connectivity index (χ0) is 19.0. The van der Waals surface area contributed by atoms with Gasteiger partial charge in [-0.1, -0.05) is 60.7 Å². The Labute approximate surface area is 152 Å². The van der Waals surface area contributed by atoms with E-state index in [4.69, 9.17) is 20.1 Å². The SMILES string of the molecule is C=C.CC(=O)O.OC(=S)c1ccccc1.OC(=S)c1ccccc1. The lowest BCUT2D eigenvalue weighted by Crippen LogP contribution is -1.91. The number of rotatable bonds is 2. The second-order valence-electron chi connectivity index (χ2n) is 3.86. The lowest BCUT2D eigenvalue weighted by molar-refractivity contribution is -0.134. The van der Waals surface area contributed by atoms with Gasteiger partial charge in [0.25, 0.3) is 5.97 Å². The summed E-state index contributed by atoms with van der Waals surface area (Å²) in [6.07, 6.45) is 0. The molecule has 0 aliphatic heterocycles. The molecule has 0 spiro atoms.